The fourth-order valence-electron chi connectivity index (χ4n) is 13.2. The van der Waals surface area contributed by atoms with Crippen molar-refractivity contribution < 1.29 is 80.2 Å². The highest BCUT2D eigenvalue weighted by molar-refractivity contribution is 7.47. The quantitative estimate of drug-likeness (QED) is 0.0222. The molecule has 0 rings (SSSR count). The number of carbonyl (C=O) groups excluding carboxylic acids is 4. The van der Waals surface area contributed by atoms with Gasteiger partial charge in [-0.1, -0.05) is 401 Å². The first-order chi connectivity index (χ1) is 50.4. The summed E-state index contributed by atoms with van der Waals surface area (Å²) in [6.07, 6.45) is 68.0. The predicted molar refractivity (Wildman–Crippen MR) is 428 cm³/mol. The number of phosphoric acid groups is 2. The monoisotopic (exact) mass is 1520 g/mol. The van der Waals surface area contributed by atoms with Gasteiger partial charge in [0.2, 0.25) is 0 Å². The number of esters is 4. The number of carbonyl (C=O) groups is 4. The third-order valence-electron chi connectivity index (χ3n) is 20.0. The molecule has 0 saturated carbocycles. The maximum Gasteiger partial charge on any atom is 0.472 e. The van der Waals surface area contributed by atoms with E-state index >= 15 is 0 Å². The summed E-state index contributed by atoms with van der Waals surface area (Å²) >= 11 is 0. The van der Waals surface area contributed by atoms with E-state index in [1.165, 1.54) is 270 Å². The SMILES string of the molecule is CCCCCCCCCCCCCCCCCCCCCCC(=O)O[C@H](COC(=O)CCCCCCCCCCCCCCCCC(C)C)COP(=O)(O)OC[C@@H](O)COP(=O)(O)OC[C@@H](COC(=O)CCCCCCCCCCCC)OC(=O)CCCCCCCCCCCCCCCCC(C)C. The molecule has 0 radical (unpaired) electrons. The summed E-state index contributed by atoms with van der Waals surface area (Å²) in [6.45, 7) is 9.70. The van der Waals surface area contributed by atoms with Gasteiger partial charge in [-0.05, 0) is 37.5 Å². The molecule has 0 aromatic heterocycles. The van der Waals surface area contributed by atoms with Crippen molar-refractivity contribution in [1.82, 2.24) is 0 Å². The zero-order chi connectivity index (χ0) is 76.4. The summed E-state index contributed by atoms with van der Waals surface area (Å²) in [5.74, 6) is -0.508. The number of aliphatic hydroxyl groups excluding tert-OH is 1. The van der Waals surface area contributed by atoms with Gasteiger partial charge < -0.3 is 33.8 Å². The summed E-state index contributed by atoms with van der Waals surface area (Å²) in [7, 11) is -9.93. The molecule has 0 aliphatic rings. The topological polar surface area (TPSA) is 237 Å². The van der Waals surface area contributed by atoms with Gasteiger partial charge in [0.05, 0.1) is 26.4 Å². The van der Waals surface area contributed by atoms with Gasteiger partial charge >= 0.3 is 39.5 Å². The maximum absolute atomic E-state index is 13.1. The van der Waals surface area contributed by atoms with Crippen LogP contribution in [0.4, 0.5) is 0 Å². The lowest BCUT2D eigenvalue weighted by Crippen LogP contribution is -2.30. The van der Waals surface area contributed by atoms with Crippen LogP contribution in [0, 0.1) is 11.8 Å². The smallest absolute Gasteiger partial charge is 0.462 e. The third kappa shape index (κ3) is 78.2. The molecule has 0 amide bonds. The zero-order valence-corrected chi connectivity index (χ0v) is 70.1. The highest BCUT2D eigenvalue weighted by atomic mass is 31.2. The number of hydrogen-bond acceptors (Lipinski definition) is 15. The van der Waals surface area contributed by atoms with Gasteiger partial charge in [0.1, 0.15) is 19.3 Å². The summed E-state index contributed by atoms with van der Waals surface area (Å²) < 4.78 is 68.9. The second-order valence-corrected chi connectivity index (χ2v) is 34.4. The predicted octanol–water partition coefficient (Wildman–Crippen LogP) is 25.8. The second kappa shape index (κ2) is 76.4. The number of hydrogen-bond donors (Lipinski definition) is 3. The van der Waals surface area contributed by atoms with Crippen molar-refractivity contribution in [3.05, 3.63) is 0 Å². The van der Waals surface area contributed by atoms with Crippen LogP contribution in [0.5, 0.6) is 0 Å². The van der Waals surface area contributed by atoms with E-state index in [-0.39, 0.29) is 25.7 Å². The first-order valence-corrected chi connectivity index (χ1v) is 47.0. The normalized spacial score (nSPS) is 13.8. The van der Waals surface area contributed by atoms with Gasteiger partial charge in [0.15, 0.2) is 12.2 Å². The van der Waals surface area contributed by atoms with Crippen molar-refractivity contribution in [3.8, 4) is 0 Å². The van der Waals surface area contributed by atoms with Crippen LogP contribution in [0.2, 0.25) is 0 Å². The molecule has 3 N–H and O–H groups in total. The van der Waals surface area contributed by atoms with E-state index in [2.05, 4.69) is 41.5 Å². The molecule has 0 aromatic rings. The van der Waals surface area contributed by atoms with E-state index in [9.17, 15) is 43.2 Å². The molecule has 19 heteroatoms. The molecule has 0 spiro atoms. The summed E-state index contributed by atoms with van der Waals surface area (Å²) in [4.78, 5) is 73.2. The fourth-order valence-corrected chi connectivity index (χ4v) is 14.8. The highest BCUT2D eigenvalue weighted by Gasteiger charge is 2.30. The molecular formula is C85H166O17P2. The Morgan fingerprint density at radius 2 is 0.442 bits per heavy atom. The van der Waals surface area contributed by atoms with E-state index < -0.39 is 97.5 Å². The van der Waals surface area contributed by atoms with Crippen molar-refractivity contribution in [2.24, 2.45) is 11.8 Å². The first kappa shape index (κ1) is 102. The molecule has 0 saturated heterocycles. The Bertz CT molecular complexity index is 1990. The van der Waals surface area contributed by atoms with Crippen LogP contribution in [-0.2, 0) is 65.4 Å². The summed E-state index contributed by atoms with van der Waals surface area (Å²) in [6, 6.07) is 0. The van der Waals surface area contributed by atoms with Crippen LogP contribution >= 0.6 is 15.6 Å². The molecule has 17 nitrogen and oxygen atoms in total. The molecular weight excluding hydrogens is 1350 g/mol. The number of phosphoric ester groups is 2. The number of ether oxygens (including phenoxy) is 4. The molecule has 2 unspecified atom stereocenters. The van der Waals surface area contributed by atoms with E-state index in [0.717, 1.165) is 102 Å². The average Bonchev–Trinajstić information content (AvgIpc) is 0.905. The van der Waals surface area contributed by atoms with Crippen molar-refractivity contribution in [2.75, 3.05) is 39.6 Å². The minimum absolute atomic E-state index is 0.108. The van der Waals surface area contributed by atoms with Crippen LogP contribution in [0.25, 0.3) is 0 Å². The number of rotatable bonds is 84. The van der Waals surface area contributed by atoms with Crippen molar-refractivity contribution in [3.63, 3.8) is 0 Å². The van der Waals surface area contributed by atoms with Gasteiger partial charge in [-0.25, -0.2) is 9.13 Å². The van der Waals surface area contributed by atoms with Gasteiger partial charge in [0.25, 0.3) is 0 Å². The molecule has 0 bridgehead atoms. The van der Waals surface area contributed by atoms with E-state index in [1.807, 2.05) is 0 Å². The Morgan fingerprint density at radius 3 is 0.654 bits per heavy atom. The Labute approximate surface area is 638 Å². The van der Waals surface area contributed by atoms with Gasteiger partial charge in [0, 0.05) is 25.7 Å². The van der Waals surface area contributed by atoms with Crippen LogP contribution in [-0.4, -0.2) is 96.7 Å². The second-order valence-electron chi connectivity index (χ2n) is 31.5. The highest BCUT2D eigenvalue weighted by Crippen LogP contribution is 2.45. The standard InChI is InChI=1S/C85H166O17P2/c1-7-9-11-13-15-17-19-20-21-22-23-24-25-26-34-39-45-51-57-63-69-84(89)102-81(74-96-83(88)68-62-56-50-44-38-33-29-27-31-36-41-47-53-59-65-77(3)4)76-100-104(93,94)98-72-79(86)71-97-103(91,92)99-75-80(73-95-82(87)67-61-55-49-43-18-16-14-12-10-8-2)101-85(90)70-64-58-52-46-40-35-30-28-32-37-42-48-54-60-66-78(5)6/h77-81,86H,7-76H2,1-6H3,(H,91,92)(H,93,94)/t79-,80+,81+/m0/s1. The zero-order valence-electron chi connectivity index (χ0n) is 68.3. The fraction of sp³-hybridized carbons (Fsp3) is 0.953. The Hall–Kier alpha value is -1.94. The minimum Gasteiger partial charge on any atom is -0.462 e. The molecule has 0 aromatic carbocycles. The van der Waals surface area contributed by atoms with Crippen LogP contribution < -0.4 is 0 Å². The van der Waals surface area contributed by atoms with Crippen molar-refractivity contribution >= 4 is 39.5 Å². The Kier molecular flexibility index (Phi) is 75.0. The Balaban J connectivity index is 5.23. The molecule has 618 valence electrons. The van der Waals surface area contributed by atoms with E-state index in [1.54, 1.807) is 0 Å². The summed E-state index contributed by atoms with van der Waals surface area (Å²) in [5.41, 5.74) is 0. The molecule has 0 aliphatic carbocycles. The van der Waals surface area contributed by atoms with Gasteiger partial charge in [-0.2, -0.15) is 0 Å². The molecule has 0 fully saturated rings. The molecule has 5 atom stereocenters. The lowest BCUT2D eigenvalue weighted by molar-refractivity contribution is -0.161. The lowest BCUT2D eigenvalue weighted by atomic mass is 10.0. The molecule has 0 aliphatic heterocycles. The van der Waals surface area contributed by atoms with Crippen molar-refractivity contribution in [1.29, 1.82) is 0 Å². The minimum atomic E-state index is -4.96. The van der Waals surface area contributed by atoms with Crippen LogP contribution in [0.15, 0.2) is 0 Å². The summed E-state index contributed by atoms with van der Waals surface area (Å²) in [5, 5.41) is 10.7. The number of unbranched alkanes of at least 4 members (excludes halogenated alkanes) is 54. The van der Waals surface area contributed by atoms with Crippen molar-refractivity contribution in [2.45, 2.75) is 471 Å². The van der Waals surface area contributed by atoms with Gasteiger partial charge in [-0.15, -0.1) is 0 Å². The van der Waals surface area contributed by atoms with Gasteiger partial charge in [-0.3, -0.25) is 37.3 Å². The van der Waals surface area contributed by atoms with E-state index in [4.69, 9.17) is 37.0 Å². The van der Waals surface area contributed by atoms with Crippen LogP contribution in [0.3, 0.4) is 0 Å². The first-order valence-electron chi connectivity index (χ1n) is 44.0. The van der Waals surface area contributed by atoms with E-state index in [0.29, 0.717) is 25.7 Å². The lowest BCUT2D eigenvalue weighted by Gasteiger charge is -2.21. The molecule has 0 heterocycles. The maximum atomic E-state index is 13.1. The largest absolute Gasteiger partial charge is 0.472 e. The third-order valence-corrected chi connectivity index (χ3v) is 21.9. The number of aliphatic hydroxyl groups is 1. The van der Waals surface area contributed by atoms with Crippen LogP contribution in [0.1, 0.15) is 452 Å². The Morgan fingerprint density at radius 1 is 0.260 bits per heavy atom. The average molecular weight is 1520 g/mol. The molecule has 104 heavy (non-hydrogen) atoms.